The molecule has 0 spiro atoms. The Morgan fingerprint density at radius 1 is 1.29 bits per heavy atom. The molecule has 2 aromatic heterocycles. The summed E-state index contributed by atoms with van der Waals surface area (Å²) in [7, 11) is 0. The number of amides is 1. The zero-order valence-electron chi connectivity index (χ0n) is 13.6. The highest BCUT2D eigenvalue weighted by atomic mass is 19.4. The molecule has 0 unspecified atom stereocenters. The quantitative estimate of drug-likeness (QED) is 0.907. The van der Waals surface area contributed by atoms with Crippen molar-refractivity contribution in [1.82, 2.24) is 20.1 Å². The number of carbonyl (C=O) groups is 1. The van der Waals surface area contributed by atoms with Crippen LogP contribution in [-0.2, 0) is 6.54 Å². The van der Waals surface area contributed by atoms with Crippen LogP contribution >= 0.6 is 0 Å². The molecule has 0 fully saturated rings. The fourth-order valence-electron chi connectivity index (χ4n) is 2.22. The summed E-state index contributed by atoms with van der Waals surface area (Å²) >= 11 is 0. The molecule has 0 aliphatic carbocycles. The second-order valence-electron chi connectivity index (χ2n) is 5.63. The smallest absolute Gasteiger partial charge is 0.334 e. The second-order valence-corrected chi connectivity index (χ2v) is 5.63. The van der Waals surface area contributed by atoms with E-state index in [1.54, 1.807) is 6.92 Å². The molecule has 130 valence electrons. The first-order chi connectivity index (χ1) is 11.2. The first kappa shape index (κ1) is 18.0. The molecular formula is C16H19F3N4O. The number of nitrogens with zero attached hydrogens (tertiary/aromatic N) is 3. The average molecular weight is 340 g/mol. The van der Waals surface area contributed by atoms with Crippen LogP contribution in [0.15, 0.2) is 30.5 Å². The molecule has 2 aromatic rings. The minimum Gasteiger partial charge on any atom is -0.334 e. The van der Waals surface area contributed by atoms with Gasteiger partial charge >= 0.3 is 6.18 Å². The van der Waals surface area contributed by atoms with Gasteiger partial charge in [-0.2, -0.15) is 18.3 Å². The van der Waals surface area contributed by atoms with Crippen LogP contribution in [0.4, 0.5) is 13.2 Å². The van der Waals surface area contributed by atoms with Gasteiger partial charge in [-0.05, 0) is 31.0 Å². The Labute approximate surface area is 137 Å². The van der Waals surface area contributed by atoms with E-state index < -0.39 is 18.1 Å². The van der Waals surface area contributed by atoms with Crippen LogP contribution in [0.25, 0.3) is 0 Å². The lowest BCUT2D eigenvalue weighted by molar-refractivity contribution is -0.156. The number of hydrogen-bond donors (Lipinski definition) is 1. The summed E-state index contributed by atoms with van der Waals surface area (Å²) in [4.78, 5) is 16.1. The molecule has 5 nitrogen and oxygen atoms in total. The fraction of sp³-hybridized carbons (Fsp3) is 0.438. The molecule has 0 saturated heterocycles. The van der Waals surface area contributed by atoms with Crippen LogP contribution in [0, 0.1) is 0 Å². The van der Waals surface area contributed by atoms with Crippen LogP contribution < -0.4 is 5.32 Å². The minimum absolute atomic E-state index is 0.0681. The molecule has 0 radical (unpaired) electrons. The number of aryl methyl sites for hydroxylation is 1. The zero-order chi connectivity index (χ0) is 17.9. The molecular weight excluding hydrogens is 321 g/mol. The lowest BCUT2D eigenvalue weighted by Crippen LogP contribution is -2.39. The molecule has 8 heteroatoms. The summed E-state index contributed by atoms with van der Waals surface area (Å²) in [6.07, 6.45) is -3.39. The minimum atomic E-state index is -4.65. The average Bonchev–Trinajstić information content (AvgIpc) is 2.96. The highest BCUT2D eigenvalue weighted by Gasteiger charge is 2.43. The monoisotopic (exact) mass is 340 g/mol. The van der Waals surface area contributed by atoms with Gasteiger partial charge < -0.3 is 5.32 Å². The number of hydrogen-bond acceptors (Lipinski definition) is 3. The third-order valence-corrected chi connectivity index (χ3v) is 3.51. The molecule has 1 N–H and O–H groups in total. The van der Waals surface area contributed by atoms with E-state index >= 15 is 0 Å². The number of nitrogens with one attached hydrogen (secondary N) is 1. The third-order valence-electron chi connectivity index (χ3n) is 3.51. The highest BCUT2D eigenvalue weighted by molar-refractivity contribution is 5.93. The molecule has 0 aliphatic heterocycles. The Bertz CT molecular complexity index is 695. The van der Waals surface area contributed by atoms with E-state index in [1.807, 2.05) is 19.2 Å². The predicted molar refractivity (Wildman–Crippen MR) is 82.5 cm³/mol. The molecule has 2 heterocycles. The number of alkyl halides is 3. The maximum Gasteiger partial charge on any atom is 0.414 e. The van der Waals surface area contributed by atoms with E-state index in [9.17, 15) is 18.0 Å². The van der Waals surface area contributed by atoms with Gasteiger partial charge in [-0.15, -0.1) is 0 Å². The molecule has 0 aromatic carbocycles. The van der Waals surface area contributed by atoms with Crippen molar-refractivity contribution in [1.29, 1.82) is 0 Å². The summed E-state index contributed by atoms with van der Waals surface area (Å²) in [5.74, 6) is -0.761. The Hall–Kier alpha value is -2.38. The molecule has 2 rings (SSSR count). The maximum atomic E-state index is 13.3. The van der Waals surface area contributed by atoms with Gasteiger partial charge in [-0.1, -0.05) is 19.9 Å². The van der Waals surface area contributed by atoms with E-state index in [0.29, 0.717) is 12.2 Å². The summed E-state index contributed by atoms with van der Waals surface area (Å²) < 4.78 is 41.4. The second kappa shape index (κ2) is 7.02. The van der Waals surface area contributed by atoms with Crippen molar-refractivity contribution in [2.24, 2.45) is 0 Å². The lowest BCUT2D eigenvalue weighted by Gasteiger charge is -2.21. The van der Waals surface area contributed by atoms with Gasteiger partial charge in [0, 0.05) is 12.7 Å². The third kappa shape index (κ3) is 3.93. The highest BCUT2D eigenvalue weighted by Crippen LogP contribution is 2.31. The number of halogens is 3. The van der Waals surface area contributed by atoms with Gasteiger partial charge in [0.15, 0.2) is 6.04 Å². The van der Waals surface area contributed by atoms with E-state index in [0.717, 1.165) is 0 Å². The number of pyridine rings is 1. The van der Waals surface area contributed by atoms with E-state index in [1.165, 1.54) is 35.1 Å². The van der Waals surface area contributed by atoms with Gasteiger partial charge in [0.2, 0.25) is 0 Å². The van der Waals surface area contributed by atoms with Gasteiger partial charge in [-0.25, -0.2) is 0 Å². The number of rotatable bonds is 5. The Kier molecular flexibility index (Phi) is 5.26. The molecule has 1 amide bonds. The maximum absolute atomic E-state index is 13.3. The first-order valence-corrected chi connectivity index (χ1v) is 7.60. The van der Waals surface area contributed by atoms with Crippen LogP contribution in [0.5, 0.6) is 0 Å². The lowest BCUT2D eigenvalue weighted by atomic mass is 10.1. The number of carbonyl (C=O) groups excluding carboxylic acids is 1. The molecule has 1 atom stereocenters. The van der Waals surface area contributed by atoms with Crippen molar-refractivity contribution >= 4 is 5.91 Å². The van der Waals surface area contributed by atoms with Gasteiger partial charge in [-0.3, -0.25) is 14.5 Å². The topological polar surface area (TPSA) is 59.8 Å². The van der Waals surface area contributed by atoms with E-state index in [2.05, 4.69) is 10.1 Å². The van der Waals surface area contributed by atoms with Crippen LogP contribution in [0.1, 0.15) is 54.6 Å². The van der Waals surface area contributed by atoms with Crippen molar-refractivity contribution in [2.45, 2.75) is 45.5 Å². The first-order valence-electron chi connectivity index (χ1n) is 7.60. The van der Waals surface area contributed by atoms with Crippen molar-refractivity contribution < 1.29 is 18.0 Å². The van der Waals surface area contributed by atoms with Crippen molar-refractivity contribution in [3.8, 4) is 0 Å². The van der Waals surface area contributed by atoms with Crippen molar-refractivity contribution in [2.75, 3.05) is 0 Å². The Balaban J connectivity index is 2.32. The van der Waals surface area contributed by atoms with E-state index in [4.69, 9.17) is 0 Å². The Morgan fingerprint density at radius 2 is 2.00 bits per heavy atom. The number of aromatic nitrogens is 3. The normalized spacial score (nSPS) is 13.1. The zero-order valence-corrected chi connectivity index (χ0v) is 13.6. The summed E-state index contributed by atoms with van der Waals surface area (Å²) in [6.45, 7) is 5.95. The summed E-state index contributed by atoms with van der Waals surface area (Å²) in [5.41, 5.74) is 0.500. The molecule has 24 heavy (non-hydrogen) atoms. The SMILES string of the molecule is CCn1nc(C(C)C)cc1C(=O)N[C@H](c1ccccn1)C(F)(F)F. The fourth-order valence-corrected chi connectivity index (χ4v) is 2.22. The van der Waals surface area contributed by atoms with Gasteiger partial charge in [0.1, 0.15) is 5.69 Å². The van der Waals surface area contributed by atoms with Crippen LogP contribution in [0.2, 0.25) is 0 Å². The largest absolute Gasteiger partial charge is 0.414 e. The summed E-state index contributed by atoms with van der Waals surface area (Å²) in [5, 5.41) is 6.28. The van der Waals surface area contributed by atoms with E-state index in [-0.39, 0.29) is 17.3 Å². The predicted octanol–water partition coefficient (Wildman–Crippen LogP) is 3.45. The standard InChI is InChI=1S/C16H19F3N4O/c1-4-23-13(9-12(22-23)10(2)3)15(24)21-14(16(17,18)19)11-7-5-6-8-20-11/h5-10,14H,4H2,1-3H3,(H,21,24)/t14-/m1/s1. The summed E-state index contributed by atoms with van der Waals surface area (Å²) in [6, 6.07) is 3.54. The van der Waals surface area contributed by atoms with Gasteiger partial charge in [0.25, 0.3) is 5.91 Å². The molecule has 0 aliphatic rings. The Morgan fingerprint density at radius 3 is 2.50 bits per heavy atom. The van der Waals surface area contributed by atoms with Crippen LogP contribution in [0.3, 0.4) is 0 Å². The molecule has 0 bridgehead atoms. The van der Waals surface area contributed by atoms with Gasteiger partial charge in [0.05, 0.1) is 11.4 Å². The van der Waals surface area contributed by atoms with Crippen LogP contribution in [-0.4, -0.2) is 26.8 Å². The van der Waals surface area contributed by atoms with Crippen molar-refractivity contribution in [3.05, 3.63) is 47.5 Å². The molecule has 0 saturated carbocycles. The van der Waals surface area contributed by atoms with Crippen molar-refractivity contribution in [3.63, 3.8) is 0 Å².